The third-order valence-corrected chi connectivity index (χ3v) is 5.12. The second kappa shape index (κ2) is 13.1. The highest BCUT2D eigenvalue weighted by Gasteiger charge is 2.22. The van der Waals surface area contributed by atoms with Crippen LogP contribution in [0.5, 0.6) is 5.75 Å². The highest BCUT2D eigenvalue weighted by atomic mass is 35.5. The van der Waals surface area contributed by atoms with E-state index < -0.39 is 0 Å². The molecule has 3 rings (SSSR count). The summed E-state index contributed by atoms with van der Waals surface area (Å²) < 4.78 is 5.95. The van der Waals surface area contributed by atoms with Crippen LogP contribution in [0.4, 0.5) is 0 Å². The molecule has 1 aliphatic rings. The highest BCUT2D eigenvalue weighted by molar-refractivity contribution is 5.85. The Kier molecular flexibility index (Phi) is 11.6. The van der Waals surface area contributed by atoms with Crippen LogP contribution in [0.1, 0.15) is 43.9 Å². The van der Waals surface area contributed by atoms with Crippen LogP contribution in [-0.2, 0) is 6.61 Å². The Labute approximate surface area is 182 Å². The Morgan fingerprint density at radius 2 is 1.54 bits per heavy atom. The zero-order valence-electron chi connectivity index (χ0n) is 17.0. The van der Waals surface area contributed by atoms with Crippen LogP contribution in [0.2, 0.25) is 0 Å². The molecule has 0 amide bonds. The van der Waals surface area contributed by atoms with Gasteiger partial charge in [0, 0.05) is 32.2 Å². The van der Waals surface area contributed by atoms with Crippen molar-refractivity contribution in [1.82, 2.24) is 10.2 Å². The van der Waals surface area contributed by atoms with E-state index >= 15 is 0 Å². The molecule has 5 heteroatoms. The van der Waals surface area contributed by atoms with Gasteiger partial charge < -0.3 is 10.1 Å². The molecule has 1 saturated heterocycles. The first kappa shape index (κ1) is 24.8. The predicted molar refractivity (Wildman–Crippen MR) is 123 cm³/mol. The zero-order chi connectivity index (χ0) is 18.2. The van der Waals surface area contributed by atoms with E-state index in [2.05, 4.69) is 72.6 Å². The summed E-state index contributed by atoms with van der Waals surface area (Å²) in [5.74, 6) is 1.69. The fraction of sp³-hybridized carbons (Fsp3) is 0.478. The van der Waals surface area contributed by atoms with E-state index in [1.807, 2.05) is 6.07 Å². The van der Waals surface area contributed by atoms with E-state index in [1.54, 1.807) is 0 Å². The van der Waals surface area contributed by atoms with E-state index in [9.17, 15) is 0 Å². The summed E-state index contributed by atoms with van der Waals surface area (Å²) in [6.07, 6.45) is 2.49. The molecular weight excluding hydrogens is 391 g/mol. The van der Waals surface area contributed by atoms with Gasteiger partial charge in [0.25, 0.3) is 0 Å². The molecule has 0 unspecified atom stereocenters. The molecule has 0 aromatic heterocycles. The summed E-state index contributed by atoms with van der Waals surface area (Å²) >= 11 is 0. The first-order valence-corrected chi connectivity index (χ1v) is 9.94. The second-order valence-electron chi connectivity index (χ2n) is 7.62. The summed E-state index contributed by atoms with van der Waals surface area (Å²) in [7, 11) is 0. The standard InChI is InChI=1S/C23H32N2O.2ClH/c1-19(2)8-13-23(25-16-14-24-15-17-25)21-9-11-22(12-10-21)26-18-20-6-4-3-5-7-20;;/h3-7,9-12,19,23-24H,8,13-18H2,1-2H3;2*1H/t23-;;/m1../s1. The lowest BCUT2D eigenvalue weighted by atomic mass is 9.95. The first-order valence-electron chi connectivity index (χ1n) is 9.94. The van der Waals surface area contributed by atoms with Crippen molar-refractivity contribution < 1.29 is 4.74 Å². The van der Waals surface area contributed by atoms with Crippen molar-refractivity contribution in [2.24, 2.45) is 5.92 Å². The summed E-state index contributed by atoms with van der Waals surface area (Å²) in [6, 6.07) is 19.6. The van der Waals surface area contributed by atoms with E-state index in [1.165, 1.54) is 24.0 Å². The average molecular weight is 425 g/mol. The van der Waals surface area contributed by atoms with Gasteiger partial charge in [0.05, 0.1) is 0 Å². The quantitative estimate of drug-likeness (QED) is 0.605. The summed E-state index contributed by atoms with van der Waals surface area (Å²) in [4.78, 5) is 2.64. The molecule has 2 aromatic carbocycles. The minimum absolute atomic E-state index is 0. The molecule has 0 aliphatic carbocycles. The third-order valence-electron chi connectivity index (χ3n) is 5.12. The van der Waals surface area contributed by atoms with Crippen LogP contribution < -0.4 is 10.1 Å². The van der Waals surface area contributed by atoms with Gasteiger partial charge in [0.15, 0.2) is 0 Å². The third kappa shape index (κ3) is 7.63. The Balaban J connectivity index is 0.00000196. The van der Waals surface area contributed by atoms with Crippen LogP contribution in [0, 0.1) is 5.92 Å². The van der Waals surface area contributed by atoms with Crippen LogP contribution in [-0.4, -0.2) is 31.1 Å². The van der Waals surface area contributed by atoms with Gasteiger partial charge in [-0.1, -0.05) is 56.3 Å². The lowest BCUT2D eigenvalue weighted by molar-refractivity contribution is 0.159. The fourth-order valence-electron chi connectivity index (χ4n) is 3.57. The van der Waals surface area contributed by atoms with Crippen molar-refractivity contribution in [3.8, 4) is 5.75 Å². The summed E-state index contributed by atoms with van der Waals surface area (Å²) in [5, 5.41) is 3.47. The maximum Gasteiger partial charge on any atom is 0.119 e. The molecule has 0 radical (unpaired) electrons. The van der Waals surface area contributed by atoms with Gasteiger partial charge in [-0.05, 0) is 42.0 Å². The number of hydrogen-bond acceptors (Lipinski definition) is 3. The molecular formula is C23H34Cl2N2O. The molecule has 1 atom stereocenters. The SMILES string of the molecule is CC(C)CC[C@H](c1ccc(OCc2ccccc2)cc1)N1CCNCC1.Cl.Cl. The lowest BCUT2D eigenvalue weighted by Crippen LogP contribution is -2.45. The van der Waals surface area contributed by atoms with Gasteiger partial charge in [0.1, 0.15) is 12.4 Å². The molecule has 0 spiro atoms. The van der Waals surface area contributed by atoms with Crippen molar-refractivity contribution in [3.63, 3.8) is 0 Å². The number of piperazine rings is 1. The van der Waals surface area contributed by atoms with E-state index in [0.717, 1.165) is 37.8 Å². The number of benzene rings is 2. The Bertz CT molecular complexity index is 643. The molecule has 28 heavy (non-hydrogen) atoms. The fourth-order valence-corrected chi connectivity index (χ4v) is 3.57. The van der Waals surface area contributed by atoms with Crippen molar-refractivity contribution in [3.05, 3.63) is 65.7 Å². The van der Waals surface area contributed by atoms with Crippen molar-refractivity contribution in [2.75, 3.05) is 26.2 Å². The van der Waals surface area contributed by atoms with Gasteiger partial charge >= 0.3 is 0 Å². The van der Waals surface area contributed by atoms with Crippen LogP contribution >= 0.6 is 24.8 Å². The molecule has 1 heterocycles. The van der Waals surface area contributed by atoms with Crippen molar-refractivity contribution in [2.45, 2.75) is 39.3 Å². The maximum atomic E-state index is 5.95. The van der Waals surface area contributed by atoms with E-state index in [0.29, 0.717) is 12.6 Å². The lowest BCUT2D eigenvalue weighted by Gasteiger charge is -2.35. The van der Waals surface area contributed by atoms with Gasteiger partial charge in [0.2, 0.25) is 0 Å². The molecule has 0 saturated carbocycles. The first-order chi connectivity index (χ1) is 12.7. The Hall–Kier alpha value is -1.26. The zero-order valence-corrected chi connectivity index (χ0v) is 18.6. The monoisotopic (exact) mass is 424 g/mol. The highest BCUT2D eigenvalue weighted by Crippen LogP contribution is 2.29. The molecule has 2 aromatic rings. The Morgan fingerprint density at radius 3 is 2.14 bits per heavy atom. The van der Waals surface area contributed by atoms with Gasteiger partial charge in [-0.25, -0.2) is 0 Å². The van der Waals surface area contributed by atoms with Crippen molar-refractivity contribution in [1.29, 1.82) is 0 Å². The minimum Gasteiger partial charge on any atom is -0.489 e. The summed E-state index contributed by atoms with van der Waals surface area (Å²) in [5.41, 5.74) is 2.62. The number of rotatable bonds is 8. The van der Waals surface area contributed by atoms with Crippen LogP contribution in [0.25, 0.3) is 0 Å². The van der Waals surface area contributed by atoms with Crippen LogP contribution in [0.15, 0.2) is 54.6 Å². The van der Waals surface area contributed by atoms with E-state index in [4.69, 9.17) is 4.74 Å². The number of hydrogen-bond donors (Lipinski definition) is 1. The van der Waals surface area contributed by atoms with Gasteiger partial charge in [-0.2, -0.15) is 0 Å². The van der Waals surface area contributed by atoms with Crippen LogP contribution in [0.3, 0.4) is 0 Å². The molecule has 3 nitrogen and oxygen atoms in total. The number of ether oxygens (including phenoxy) is 1. The largest absolute Gasteiger partial charge is 0.489 e. The normalized spacial score (nSPS) is 15.4. The Morgan fingerprint density at radius 1 is 0.893 bits per heavy atom. The maximum absolute atomic E-state index is 5.95. The van der Waals surface area contributed by atoms with E-state index in [-0.39, 0.29) is 24.8 Å². The smallest absolute Gasteiger partial charge is 0.119 e. The molecule has 156 valence electrons. The average Bonchev–Trinajstić information content (AvgIpc) is 2.69. The second-order valence-corrected chi connectivity index (χ2v) is 7.62. The van der Waals surface area contributed by atoms with Gasteiger partial charge in [-0.3, -0.25) is 4.90 Å². The molecule has 1 N–H and O–H groups in total. The topological polar surface area (TPSA) is 24.5 Å². The molecule has 0 bridgehead atoms. The van der Waals surface area contributed by atoms with Gasteiger partial charge in [-0.15, -0.1) is 24.8 Å². The number of nitrogens with zero attached hydrogens (tertiary/aromatic N) is 1. The number of nitrogens with one attached hydrogen (secondary N) is 1. The predicted octanol–water partition coefficient (Wildman–Crippen LogP) is 5.49. The molecule has 1 aliphatic heterocycles. The number of halogens is 2. The summed E-state index contributed by atoms with van der Waals surface area (Å²) in [6.45, 7) is 9.70. The molecule has 1 fully saturated rings. The van der Waals surface area contributed by atoms with Crippen molar-refractivity contribution >= 4 is 24.8 Å². The minimum atomic E-state index is 0.